The Balaban J connectivity index is 1.24. The molecule has 0 bridgehead atoms. The molecular weight excluding hydrogens is 422 g/mol. The second-order valence-electron chi connectivity index (χ2n) is 7.13. The van der Waals surface area contributed by atoms with Crippen LogP contribution in [0.25, 0.3) is 11.1 Å². The van der Waals surface area contributed by atoms with Gasteiger partial charge in [0.25, 0.3) is 5.91 Å². The van der Waals surface area contributed by atoms with Gasteiger partial charge >= 0.3 is 6.01 Å². The number of hydrogen-bond acceptors (Lipinski definition) is 7. The number of amides is 1. The predicted molar refractivity (Wildman–Crippen MR) is 121 cm³/mol. The van der Waals surface area contributed by atoms with Gasteiger partial charge in [0.2, 0.25) is 6.79 Å². The fourth-order valence-corrected chi connectivity index (χ4v) is 3.28. The minimum absolute atomic E-state index is 0.187. The van der Waals surface area contributed by atoms with Crippen molar-refractivity contribution >= 4 is 11.6 Å². The van der Waals surface area contributed by atoms with Crippen LogP contribution in [0.1, 0.15) is 10.4 Å². The van der Waals surface area contributed by atoms with Crippen LogP contribution in [0.4, 0.5) is 5.69 Å². The van der Waals surface area contributed by atoms with Crippen LogP contribution in [0.15, 0.2) is 79.1 Å². The van der Waals surface area contributed by atoms with E-state index in [9.17, 15) is 4.79 Å². The number of aromatic nitrogens is 2. The molecule has 0 fully saturated rings. The Hall–Kier alpha value is -4.59. The largest absolute Gasteiger partial charge is 0.497 e. The lowest BCUT2D eigenvalue weighted by atomic mass is 10.1. The molecule has 2 heterocycles. The van der Waals surface area contributed by atoms with Crippen molar-refractivity contribution in [3.8, 4) is 40.1 Å². The molecule has 1 aliphatic heterocycles. The molecule has 1 aromatic heterocycles. The molecule has 33 heavy (non-hydrogen) atoms. The Kier molecular flexibility index (Phi) is 5.47. The number of carbonyl (C=O) groups is 1. The van der Waals surface area contributed by atoms with Crippen LogP contribution < -0.4 is 24.3 Å². The normalized spacial score (nSPS) is 11.7. The monoisotopic (exact) mass is 441 g/mol. The van der Waals surface area contributed by atoms with E-state index < -0.39 is 0 Å². The zero-order valence-electron chi connectivity index (χ0n) is 17.6. The highest BCUT2D eigenvalue weighted by atomic mass is 16.7. The van der Waals surface area contributed by atoms with E-state index in [1.807, 2.05) is 24.3 Å². The highest BCUT2D eigenvalue weighted by molar-refractivity contribution is 6.04. The van der Waals surface area contributed by atoms with Crippen molar-refractivity contribution in [2.75, 3.05) is 19.2 Å². The fourth-order valence-electron chi connectivity index (χ4n) is 3.28. The van der Waals surface area contributed by atoms with Gasteiger partial charge in [0.05, 0.1) is 7.11 Å². The SMILES string of the molecule is COc1cccc(Oc2ncc(-c3ccc(C(=O)Nc4ccc5c(c4)OCO5)cc3)cn2)c1. The van der Waals surface area contributed by atoms with Gasteiger partial charge in [-0.15, -0.1) is 0 Å². The van der Waals surface area contributed by atoms with Crippen molar-refractivity contribution in [1.29, 1.82) is 0 Å². The lowest BCUT2D eigenvalue weighted by Gasteiger charge is -2.08. The third kappa shape index (κ3) is 4.54. The number of benzene rings is 3. The molecular formula is C25H19N3O5. The molecule has 0 aliphatic carbocycles. The van der Waals surface area contributed by atoms with Crippen molar-refractivity contribution in [3.05, 3.63) is 84.7 Å². The quantitative estimate of drug-likeness (QED) is 0.454. The van der Waals surface area contributed by atoms with Crippen LogP contribution >= 0.6 is 0 Å². The van der Waals surface area contributed by atoms with Gasteiger partial charge in [-0.3, -0.25) is 4.79 Å². The summed E-state index contributed by atoms with van der Waals surface area (Å²) in [5, 5.41) is 2.86. The van der Waals surface area contributed by atoms with Crippen molar-refractivity contribution in [2.24, 2.45) is 0 Å². The van der Waals surface area contributed by atoms with Crippen LogP contribution in [-0.4, -0.2) is 29.8 Å². The van der Waals surface area contributed by atoms with Crippen LogP contribution in [0, 0.1) is 0 Å². The zero-order valence-corrected chi connectivity index (χ0v) is 17.6. The Bertz CT molecular complexity index is 1290. The molecule has 4 aromatic rings. The number of methoxy groups -OCH3 is 1. The number of carbonyl (C=O) groups excluding carboxylic acids is 1. The molecule has 0 spiro atoms. The number of rotatable bonds is 6. The van der Waals surface area contributed by atoms with E-state index in [1.54, 1.807) is 62.0 Å². The van der Waals surface area contributed by atoms with E-state index in [2.05, 4.69) is 15.3 Å². The standard InChI is InChI=1S/C25H19N3O5/c1-30-20-3-2-4-21(12-20)33-25-26-13-18(14-27-25)16-5-7-17(8-6-16)24(29)28-19-9-10-22-23(11-19)32-15-31-22/h2-14H,15H2,1H3,(H,28,29). The van der Waals surface area contributed by atoms with Gasteiger partial charge in [-0.25, -0.2) is 9.97 Å². The maximum Gasteiger partial charge on any atom is 0.321 e. The summed E-state index contributed by atoms with van der Waals surface area (Å²) in [6.07, 6.45) is 3.34. The summed E-state index contributed by atoms with van der Waals surface area (Å²) in [4.78, 5) is 21.1. The molecule has 5 rings (SSSR count). The molecule has 0 saturated carbocycles. The average molecular weight is 441 g/mol. The lowest BCUT2D eigenvalue weighted by molar-refractivity contribution is 0.102. The predicted octanol–water partition coefficient (Wildman–Crippen LogP) is 4.93. The van der Waals surface area contributed by atoms with Crippen LogP contribution in [0.2, 0.25) is 0 Å². The van der Waals surface area contributed by atoms with E-state index in [1.165, 1.54) is 0 Å². The van der Waals surface area contributed by atoms with Crippen molar-refractivity contribution in [2.45, 2.75) is 0 Å². The Morgan fingerprint density at radius 3 is 2.42 bits per heavy atom. The highest BCUT2D eigenvalue weighted by Crippen LogP contribution is 2.34. The van der Waals surface area contributed by atoms with E-state index in [0.717, 1.165) is 11.1 Å². The first kappa shape index (κ1) is 20.3. The number of ether oxygens (including phenoxy) is 4. The van der Waals surface area contributed by atoms with Crippen molar-refractivity contribution in [3.63, 3.8) is 0 Å². The molecule has 0 unspecified atom stereocenters. The summed E-state index contributed by atoms with van der Waals surface area (Å²) in [6.45, 7) is 0.187. The zero-order chi connectivity index (χ0) is 22.6. The molecule has 1 N–H and O–H groups in total. The topological polar surface area (TPSA) is 91.8 Å². The second-order valence-corrected chi connectivity index (χ2v) is 7.13. The summed E-state index contributed by atoms with van der Waals surface area (Å²) in [6, 6.07) is 19.9. The molecule has 8 heteroatoms. The van der Waals surface area contributed by atoms with Gasteiger partial charge in [-0.1, -0.05) is 18.2 Å². The van der Waals surface area contributed by atoms with E-state index in [0.29, 0.717) is 34.2 Å². The van der Waals surface area contributed by atoms with Crippen molar-refractivity contribution in [1.82, 2.24) is 9.97 Å². The Morgan fingerprint density at radius 1 is 0.879 bits per heavy atom. The van der Waals surface area contributed by atoms with Crippen LogP contribution in [0.5, 0.6) is 29.0 Å². The first-order chi connectivity index (χ1) is 16.2. The van der Waals surface area contributed by atoms with E-state index in [-0.39, 0.29) is 18.7 Å². The second kappa shape index (κ2) is 8.88. The van der Waals surface area contributed by atoms with Gasteiger partial charge in [0.1, 0.15) is 11.5 Å². The smallest absolute Gasteiger partial charge is 0.321 e. The molecule has 1 aliphatic rings. The third-order valence-corrected chi connectivity index (χ3v) is 4.99. The van der Waals surface area contributed by atoms with Gasteiger partial charge < -0.3 is 24.3 Å². The summed E-state index contributed by atoms with van der Waals surface area (Å²) in [7, 11) is 1.59. The molecule has 1 amide bonds. The Labute approximate surface area is 189 Å². The third-order valence-electron chi connectivity index (χ3n) is 4.99. The summed E-state index contributed by atoms with van der Waals surface area (Å²) in [5.41, 5.74) is 2.84. The van der Waals surface area contributed by atoms with Gasteiger partial charge in [0.15, 0.2) is 11.5 Å². The van der Waals surface area contributed by atoms with Gasteiger partial charge in [-0.2, -0.15) is 0 Å². The molecule has 0 radical (unpaired) electrons. The summed E-state index contributed by atoms with van der Waals surface area (Å²) in [5.74, 6) is 2.33. The summed E-state index contributed by atoms with van der Waals surface area (Å²) < 4.78 is 21.5. The lowest BCUT2D eigenvalue weighted by Crippen LogP contribution is -2.11. The number of anilines is 1. The minimum Gasteiger partial charge on any atom is -0.497 e. The average Bonchev–Trinajstić information content (AvgIpc) is 3.33. The number of fused-ring (bicyclic) bond motifs is 1. The minimum atomic E-state index is -0.223. The first-order valence-corrected chi connectivity index (χ1v) is 10.1. The molecule has 3 aromatic carbocycles. The van der Waals surface area contributed by atoms with Gasteiger partial charge in [0, 0.05) is 41.3 Å². The van der Waals surface area contributed by atoms with Gasteiger partial charge in [-0.05, 0) is 42.0 Å². The summed E-state index contributed by atoms with van der Waals surface area (Å²) >= 11 is 0. The fraction of sp³-hybridized carbons (Fsp3) is 0.0800. The molecule has 8 nitrogen and oxygen atoms in total. The molecule has 164 valence electrons. The molecule has 0 atom stereocenters. The maximum absolute atomic E-state index is 12.6. The first-order valence-electron chi connectivity index (χ1n) is 10.1. The van der Waals surface area contributed by atoms with E-state index >= 15 is 0 Å². The van der Waals surface area contributed by atoms with Crippen molar-refractivity contribution < 1.29 is 23.7 Å². The molecule has 0 saturated heterocycles. The highest BCUT2D eigenvalue weighted by Gasteiger charge is 2.15. The number of hydrogen-bond donors (Lipinski definition) is 1. The van der Waals surface area contributed by atoms with Crippen LogP contribution in [0.3, 0.4) is 0 Å². The Morgan fingerprint density at radius 2 is 1.64 bits per heavy atom. The number of nitrogens with one attached hydrogen (secondary N) is 1. The number of nitrogens with zero attached hydrogens (tertiary/aromatic N) is 2. The maximum atomic E-state index is 12.6. The van der Waals surface area contributed by atoms with E-state index in [4.69, 9.17) is 18.9 Å². The van der Waals surface area contributed by atoms with Crippen LogP contribution in [-0.2, 0) is 0 Å².